The number of nitrogen functional groups attached to an aromatic ring is 2. The SMILES string of the molecule is CCCCCCC1CCC(c2ccc(OC(=O)c3cc(N)cc(N)c3)cc2C#N)CC1. The Morgan fingerprint density at radius 2 is 1.74 bits per heavy atom. The van der Waals surface area contributed by atoms with Crippen molar-refractivity contribution in [1.82, 2.24) is 0 Å². The van der Waals surface area contributed by atoms with Crippen LogP contribution < -0.4 is 16.2 Å². The molecule has 0 radical (unpaired) electrons. The summed E-state index contributed by atoms with van der Waals surface area (Å²) in [4.78, 5) is 12.5. The predicted octanol–water partition coefficient (Wildman–Crippen LogP) is 6.19. The number of nitriles is 1. The lowest BCUT2D eigenvalue weighted by Crippen LogP contribution is -2.14. The first-order valence-corrected chi connectivity index (χ1v) is 11.4. The molecule has 0 heterocycles. The zero-order valence-corrected chi connectivity index (χ0v) is 18.4. The lowest BCUT2D eigenvalue weighted by molar-refractivity contribution is 0.0735. The molecular formula is C26H33N3O2. The third-order valence-corrected chi connectivity index (χ3v) is 6.32. The molecule has 0 spiro atoms. The van der Waals surface area contributed by atoms with E-state index in [0.29, 0.717) is 28.6 Å². The zero-order chi connectivity index (χ0) is 22.2. The molecule has 1 saturated carbocycles. The van der Waals surface area contributed by atoms with Gasteiger partial charge < -0.3 is 16.2 Å². The van der Waals surface area contributed by atoms with Crippen molar-refractivity contribution in [2.75, 3.05) is 11.5 Å². The van der Waals surface area contributed by atoms with Gasteiger partial charge in [-0.2, -0.15) is 5.26 Å². The van der Waals surface area contributed by atoms with Crippen molar-refractivity contribution in [3.63, 3.8) is 0 Å². The number of hydrogen-bond acceptors (Lipinski definition) is 5. The van der Waals surface area contributed by atoms with Crippen LogP contribution in [0.2, 0.25) is 0 Å². The van der Waals surface area contributed by atoms with E-state index in [1.54, 1.807) is 18.2 Å². The number of rotatable bonds is 8. The lowest BCUT2D eigenvalue weighted by Gasteiger charge is -2.29. The fourth-order valence-electron chi connectivity index (χ4n) is 4.63. The lowest BCUT2D eigenvalue weighted by atomic mass is 9.76. The number of carbonyl (C=O) groups is 1. The molecule has 0 atom stereocenters. The van der Waals surface area contributed by atoms with Crippen LogP contribution in [0.5, 0.6) is 5.75 Å². The van der Waals surface area contributed by atoms with Crippen molar-refractivity contribution in [2.45, 2.75) is 70.6 Å². The molecule has 0 unspecified atom stereocenters. The van der Waals surface area contributed by atoms with Gasteiger partial charge in [0.2, 0.25) is 0 Å². The van der Waals surface area contributed by atoms with E-state index < -0.39 is 5.97 Å². The molecule has 1 fully saturated rings. The molecule has 0 aliphatic heterocycles. The van der Waals surface area contributed by atoms with Crippen molar-refractivity contribution in [1.29, 1.82) is 5.26 Å². The van der Waals surface area contributed by atoms with Crippen LogP contribution in [-0.4, -0.2) is 5.97 Å². The quantitative estimate of drug-likeness (QED) is 0.230. The third-order valence-electron chi connectivity index (χ3n) is 6.32. The van der Waals surface area contributed by atoms with Gasteiger partial charge in [-0.05, 0) is 73.4 Å². The number of hydrogen-bond donors (Lipinski definition) is 2. The smallest absolute Gasteiger partial charge is 0.343 e. The topological polar surface area (TPSA) is 102 Å². The Morgan fingerprint density at radius 3 is 2.39 bits per heavy atom. The Kier molecular flexibility index (Phi) is 7.94. The molecule has 31 heavy (non-hydrogen) atoms. The zero-order valence-electron chi connectivity index (χ0n) is 18.4. The Morgan fingerprint density at radius 1 is 1.03 bits per heavy atom. The minimum atomic E-state index is -0.542. The largest absolute Gasteiger partial charge is 0.423 e. The Balaban J connectivity index is 1.61. The van der Waals surface area contributed by atoms with Gasteiger partial charge in [0.25, 0.3) is 0 Å². The van der Waals surface area contributed by atoms with E-state index in [9.17, 15) is 10.1 Å². The highest BCUT2D eigenvalue weighted by atomic mass is 16.5. The molecule has 2 aromatic rings. The first kappa shape index (κ1) is 22.7. The van der Waals surface area contributed by atoms with Crippen LogP contribution in [0.3, 0.4) is 0 Å². The number of esters is 1. The molecule has 0 amide bonds. The summed E-state index contributed by atoms with van der Waals surface area (Å²) in [6, 6.07) is 12.3. The van der Waals surface area contributed by atoms with Gasteiger partial charge in [-0.25, -0.2) is 4.79 Å². The molecule has 4 N–H and O–H groups in total. The van der Waals surface area contributed by atoms with Gasteiger partial charge in [0.1, 0.15) is 5.75 Å². The second kappa shape index (κ2) is 10.9. The highest BCUT2D eigenvalue weighted by molar-refractivity contribution is 5.93. The van der Waals surface area contributed by atoms with Crippen molar-refractivity contribution in [2.24, 2.45) is 5.92 Å². The summed E-state index contributed by atoms with van der Waals surface area (Å²) in [7, 11) is 0. The molecular weight excluding hydrogens is 386 g/mol. The van der Waals surface area contributed by atoms with Crippen LogP contribution in [0.25, 0.3) is 0 Å². The summed E-state index contributed by atoms with van der Waals surface area (Å²) >= 11 is 0. The van der Waals surface area contributed by atoms with Gasteiger partial charge in [0, 0.05) is 11.4 Å². The maximum atomic E-state index is 12.5. The molecule has 2 aromatic carbocycles. The van der Waals surface area contributed by atoms with Gasteiger partial charge in [-0.1, -0.05) is 45.1 Å². The molecule has 5 nitrogen and oxygen atoms in total. The standard InChI is InChI=1S/C26H33N3O2/c1-2-3-4-5-6-18-7-9-19(10-8-18)25-12-11-24(15-21(25)17-27)31-26(30)20-13-22(28)16-23(29)14-20/h11-16,18-19H,2-10,28-29H2,1H3. The summed E-state index contributed by atoms with van der Waals surface area (Å²) in [6.07, 6.45) is 11.3. The van der Waals surface area contributed by atoms with Crippen molar-refractivity contribution < 1.29 is 9.53 Å². The monoisotopic (exact) mass is 419 g/mol. The van der Waals surface area contributed by atoms with Crippen LogP contribution in [0, 0.1) is 17.2 Å². The first-order chi connectivity index (χ1) is 15.0. The second-order valence-corrected chi connectivity index (χ2v) is 8.71. The first-order valence-electron chi connectivity index (χ1n) is 11.4. The molecule has 1 aliphatic carbocycles. The normalized spacial score (nSPS) is 18.3. The van der Waals surface area contributed by atoms with Crippen LogP contribution >= 0.6 is 0 Å². The van der Waals surface area contributed by atoms with Crippen LogP contribution in [0.15, 0.2) is 36.4 Å². The Bertz CT molecular complexity index is 920. The van der Waals surface area contributed by atoms with E-state index in [1.165, 1.54) is 57.1 Å². The fraction of sp³-hybridized carbons (Fsp3) is 0.462. The van der Waals surface area contributed by atoms with Gasteiger partial charge in [-0.3, -0.25) is 0 Å². The van der Waals surface area contributed by atoms with Crippen LogP contribution in [-0.2, 0) is 0 Å². The van der Waals surface area contributed by atoms with Crippen LogP contribution in [0.1, 0.15) is 92.1 Å². The third kappa shape index (κ3) is 6.24. The summed E-state index contributed by atoms with van der Waals surface area (Å²) in [6.45, 7) is 2.25. The van der Waals surface area contributed by atoms with Gasteiger partial charge >= 0.3 is 5.97 Å². The molecule has 0 saturated heterocycles. The maximum absolute atomic E-state index is 12.5. The van der Waals surface area contributed by atoms with Gasteiger partial charge in [-0.15, -0.1) is 0 Å². The van der Waals surface area contributed by atoms with E-state index in [2.05, 4.69) is 13.0 Å². The minimum absolute atomic E-state index is 0.289. The number of unbranched alkanes of at least 4 members (excludes halogenated alkanes) is 3. The fourth-order valence-corrected chi connectivity index (χ4v) is 4.63. The Hall–Kier alpha value is -3.00. The number of benzene rings is 2. The maximum Gasteiger partial charge on any atom is 0.343 e. The van der Waals surface area contributed by atoms with E-state index >= 15 is 0 Å². The molecule has 0 aromatic heterocycles. The Labute approximate surface area is 185 Å². The average Bonchev–Trinajstić information content (AvgIpc) is 2.76. The summed E-state index contributed by atoms with van der Waals surface area (Å²) in [5.41, 5.74) is 14.3. The van der Waals surface area contributed by atoms with Crippen molar-refractivity contribution >= 4 is 17.3 Å². The van der Waals surface area contributed by atoms with E-state index in [4.69, 9.17) is 16.2 Å². The van der Waals surface area contributed by atoms with E-state index in [0.717, 1.165) is 24.3 Å². The average molecular weight is 420 g/mol. The van der Waals surface area contributed by atoms with Crippen molar-refractivity contribution in [3.05, 3.63) is 53.1 Å². The number of anilines is 2. The minimum Gasteiger partial charge on any atom is -0.423 e. The summed E-state index contributed by atoms with van der Waals surface area (Å²) in [5.74, 6) is 1.04. The highest BCUT2D eigenvalue weighted by Crippen LogP contribution is 2.39. The number of nitrogens with two attached hydrogens (primary N) is 2. The number of ether oxygens (including phenoxy) is 1. The predicted molar refractivity (Wildman–Crippen MR) is 125 cm³/mol. The molecule has 1 aliphatic rings. The van der Waals surface area contributed by atoms with Gasteiger partial charge in [0.15, 0.2) is 0 Å². The molecule has 0 bridgehead atoms. The van der Waals surface area contributed by atoms with E-state index in [1.807, 2.05) is 6.07 Å². The van der Waals surface area contributed by atoms with Crippen LogP contribution in [0.4, 0.5) is 11.4 Å². The van der Waals surface area contributed by atoms with Crippen molar-refractivity contribution in [3.8, 4) is 11.8 Å². The molecule has 164 valence electrons. The highest BCUT2D eigenvalue weighted by Gasteiger charge is 2.24. The molecule has 5 heteroatoms. The summed E-state index contributed by atoms with van der Waals surface area (Å²) < 4.78 is 5.48. The number of nitrogens with zero attached hydrogens (tertiary/aromatic N) is 1. The number of carbonyl (C=O) groups excluding carboxylic acids is 1. The van der Waals surface area contributed by atoms with Gasteiger partial charge in [0.05, 0.1) is 17.2 Å². The second-order valence-electron chi connectivity index (χ2n) is 8.71. The summed E-state index contributed by atoms with van der Waals surface area (Å²) in [5, 5.41) is 9.69. The molecule has 3 rings (SSSR count). The van der Waals surface area contributed by atoms with E-state index in [-0.39, 0.29) is 5.56 Å².